The fourth-order valence-electron chi connectivity index (χ4n) is 3.91. The Bertz CT molecular complexity index is 1260. The fourth-order valence-corrected chi connectivity index (χ4v) is 3.91. The van der Waals surface area contributed by atoms with Crippen molar-refractivity contribution in [1.29, 1.82) is 0 Å². The number of nitrogens with zero attached hydrogens (tertiary/aromatic N) is 4. The summed E-state index contributed by atoms with van der Waals surface area (Å²) in [6, 6.07) is 15.3. The molecule has 1 N–H and O–H groups in total. The zero-order valence-electron chi connectivity index (χ0n) is 15.3. The van der Waals surface area contributed by atoms with Gasteiger partial charge in [0.2, 0.25) is 5.91 Å². The summed E-state index contributed by atoms with van der Waals surface area (Å²) in [7, 11) is 0. The topological polar surface area (TPSA) is 83.9 Å². The molecule has 1 aliphatic heterocycles. The predicted molar refractivity (Wildman–Crippen MR) is 106 cm³/mol. The Kier molecular flexibility index (Phi) is 3.93. The molecule has 0 aliphatic carbocycles. The van der Waals surface area contributed by atoms with Crippen molar-refractivity contribution in [1.82, 2.24) is 24.9 Å². The van der Waals surface area contributed by atoms with Crippen LogP contribution in [0, 0.1) is 0 Å². The third-order valence-corrected chi connectivity index (χ3v) is 5.40. The minimum Gasteiger partial charge on any atom is -0.358 e. The Morgan fingerprint density at radius 2 is 1.86 bits per heavy atom. The molecule has 2 aromatic heterocycles. The number of fused-ring (bicyclic) bond motifs is 4. The highest BCUT2D eigenvalue weighted by Crippen LogP contribution is 2.27. The van der Waals surface area contributed by atoms with Crippen LogP contribution in [-0.4, -0.2) is 37.3 Å². The van der Waals surface area contributed by atoms with Gasteiger partial charge in [-0.05, 0) is 18.2 Å². The first-order valence-electron chi connectivity index (χ1n) is 9.39. The standard InChI is InChI=1S/C21H19N5O2/c27-20(10-12-26-21(28)15-6-2-4-8-19(15)23-24-26)25-11-9-18-16(13-25)14-5-1-3-7-17(14)22-18/h1-8,22H,9-13H2. The molecule has 4 aromatic rings. The molecular formula is C21H19N5O2. The van der Waals surface area contributed by atoms with Crippen LogP contribution >= 0.6 is 0 Å². The van der Waals surface area contributed by atoms with Crippen LogP contribution in [-0.2, 0) is 24.3 Å². The molecule has 28 heavy (non-hydrogen) atoms. The second-order valence-electron chi connectivity index (χ2n) is 7.08. The van der Waals surface area contributed by atoms with Crippen LogP contribution in [0.4, 0.5) is 0 Å². The monoisotopic (exact) mass is 373 g/mol. The lowest BCUT2D eigenvalue weighted by atomic mass is 10.0. The molecule has 0 spiro atoms. The summed E-state index contributed by atoms with van der Waals surface area (Å²) >= 11 is 0. The van der Waals surface area contributed by atoms with E-state index in [2.05, 4.69) is 27.4 Å². The molecule has 0 fully saturated rings. The SMILES string of the molecule is O=C(CCn1nnc2ccccc2c1=O)N1CCc2[nH]c3ccccc3c2C1. The maximum atomic E-state index is 12.8. The van der Waals surface area contributed by atoms with Crippen molar-refractivity contribution in [3.05, 3.63) is 70.1 Å². The lowest BCUT2D eigenvalue weighted by Gasteiger charge is -2.27. The van der Waals surface area contributed by atoms with Crippen LogP contribution in [0.3, 0.4) is 0 Å². The number of amides is 1. The van der Waals surface area contributed by atoms with E-state index in [9.17, 15) is 9.59 Å². The number of aryl methyl sites for hydroxylation is 1. The van der Waals surface area contributed by atoms with Gasteiger partial charge in [-0.2, -0.15) is 0 Å². The van der Waals surface area contributed by atoms with Gasteiger partial charge in [-0.3, -0.25) is 9.59 Å². The van der Waals surface area contributed by atoms with Crippen LogP contribution in [0.15, 0.2) is 53.3 Å². The van der Waals surface area contributed by atoms with Gasteiger partial charge in [0.1, 0.15) is 5.52 Å². The van der Waals surface area contributed by atoms with Crippen molar-refractivity contribution in [3.63, 3.8) is 0 Å². The predicted octanol–water partition coefficient (Wildman–Crippen LogP) is 2.25. The van der Waals surface area contributed by atoms with Gasteiger partial charge in [0.15, 0.2) is 0 Å². The summed E-state index contributed by atoms with van der Waals surface area (Å²) in [6.07, 6.45) is 1.04. The molecule has 140 valence electrons. The Labute approximate surface area is 160 Å². The second-order valence-corrected chi connectivity index (χ2v) is 7.08. The highest BCUT2D eigenvalue weighted by Gasteiger charge is 2.23. The smallest absolute Gasteiger partial charge is 0.277 e. The number of hydrogen-bond donors (Lipinski definition) is 1. The van der Waals surface area contributed by atoms with Gasteiger partial charge in [-0.25, -0.2) is 4.68 Å². The number of carbonyl (C=O) groups excluding carboxylic acids is 1. The maximum Gasteiger partial charge on any atom is 0.277 e. The molecule has 0 saturated carbocycles. The fraction of sp³-hybridized carbons (Fsp3) is 0.238. The quantitative estimate of drug-likeness (QED) is 0.597. The number of benzene rings is 2. The summed E-state index contributed by atoms with van der Waals surface area (Å²) in [5.41, 5.74) is 3.87. The van der Waals surface area contributed by atoms with Crippen LogP contribution in [0.5, 0.6) is 0 Å². The van der Waals surface area contributed by atoms with E-state index in [1.54, 1.807) is 18.2 Å². The molecule has 0 atom stereocenters. The van der Waals surface area contributed by atoms with Gasteiger partial charge in [-0.1, -0.05) is 35.5 Å². The molecule has 5 rings (SSSR count). The molecule has 2 aromatic carbocycles. The van der Waals surface area contributed by atoms with E-state index in [0.29, 0.717) is 24.0 Å². The van der Waals surface area contributed by atoms with Crippen molar-refractivity contribution in [2.24, 2.45) is 0 Å². The molecule has 0 bridgehead atoms. The van der Waals surface area contributed by atoms with Crippen LogP contribution in [0.25, 0.3) is 21.8 Å². The van der Waals surface area contributed by atoms with Crippen LogP contribution in [0.1, 0.15) is 17.7 Å². The third kappa shape index (κ3) is 2.76. The Morgan fingerprint density at radius 1 is 1.07 bits per heavy atom. The van der Waals surface area contributed by atoms with Gasteiger partial charge in [0.05, 0.1) is 11.9 Å². The molecule has 0 saturated heterocycles. The van der Waals surface area contributed by atoms with E-state index in [4.69, 9.17) is 0 Å². The second kappa shape index (κ2) is 6.60. The van der Waals surface area contributed by atoms with Gasteiger partial charge < -0.3 is 9.88 Å². The first-order chi connectivity index (χ1) is 13.7. The highest BCUT2D eigenvalue weighted by molar-refractivity contribution is 5.86. The molecule has 1 amide bonds. The number of nitrogens with one attached hydrogen (secondary N) is 1. The van der Waals surface area contributed by atoms with Gasteiger partial charge >= 0.3 is 0 Å². The van der Waals surface area contributed by atoms with Crippen molar-refractivity contribution >= 4 is 27.7 Å². The van der Waals surface area contributed by atoms with E-state index in [1.807, 2.05) is 23.1 Å². The molecule has 7 heteroatoms. The average molecular weight is 373 g/mol. The number of aromatic nitrogens is 4. The first kappa shape index (κ1) is 16.7. The van der Waals surface area contributed by atoms with E-state index in [-0.39, 0.29) is 24.4 Å². The van der Waals surface area contributed by atoms with Crippen molar-refractivity contribution in [2.45, 2.75) is 25.9 Å². The van der Waals surface area contributed by atoms with Crippen molar-refractivity contribution in [3.8, 4) is 0 Å². The number of aromatic amines is 1. The zero-order chi connectivity index (χ0) is 19.1. The molecule has 3 heterocycles. The van der Waals surface area contributed by atoms with E-state index < -0.39 is 0 Å². The van der Waals surface area contributed by atoms with Gasteiger partial charge in [0, 0.05) is 48.1 Å². The summed E-state index contributed by atoms with van der Waals surface area (Å²) in [6.45, 7) is 1.50. The Balaban J connectivity index is 1.33. The van der Waals surface area contributed by atoms with Crippen molar-refractivity contribution in [2.75, 3.05) is 6.54 Å². The number of rotatable bonds is 3. The van der Waals surface area contributed by atoms with E-state index in [0.717, 1.165) is 11.9 Å². The lowest BCUT2D eigenvalue weighted by molar-refractivity contribution is -0.132. The summed E-state index contributed by atoms with van der Waals surface area (Å²) in [5, 5.41) is 9.74. The zero-order valence-corrected chi connectivity index (χ0v) is 15.3. The average Bonchev–Trinajstić information content (AvgIpc) is 3.11. The maximum absolute atomic E-state index is 12.8. The number of carbonyl (C=O) groups is 1. The molecule has 1 aliphatic rings. The van der Waals surface area contributed by atoms with E-state index >= 15 is 0 Å². The number of para-hydroxylation sites is 1. The van der Waals surface area contributed by atoms with Crippen LogP contribution in [0.2, 0.25) is 0 Å². The summed E-state index contributed by atoms with van der Waals surface area (Å²) < 4.78 is 1.28. The normalized spacial score (nSPS) is 13.8. The Hall–Kier alpha value is -3.48. The first-order valence-corrected chi connectivity index (χ1v) is 9.39. The third-order valence-electron chi connectivity index (χ3n) is 5.40. The van der Waals surface area contributed by atoms with Crippen LogP contribution < -0.4 is 5.56 Å². The van der Waals surface area contributed by atoms with E-state index in [1.165, 1.54) is 21.3 Å². The molecule has 0 radical (unpaired) electrons. The molecular weight excluding hydrogens is 354 g/mol. The largest absolute Gasteiger partial charge is 0.358 e. The minimum absolute atomic E-state index is 0.0257. The van der Waals surface area contributed by atoms with Crippen molar-refractivity contribution < 1.29 is 4.79 Å². The minimum atomic E-state index is -0.212. The molecule has 0 unspecified atom stereocenters. The lowest BCUT2D eigenvalue weighted by Crippen LogP contribution is -2.37. The molecule has 7 nitrogen and oxygen atoms in total. The number of hydrogen-bond acceptors (Lipinski definition) is 4. The summed E-state index contributed by atoms with van der Waals surface area (Å²) in [4.78, 5) is 30.6. The van der Waals surface area contributed by atoms with Gasteiger partial charge in [0.25, 0.3) is 5.56 Å². The highest BCUT2D eigenvalue weighted by atomic mass is 16.2. The summed E-state index contributed by atoms with van der Waals surface area (Å²) in [5.74, 6) is 0.0257. The number of H-pyrrole nitrogens is 1. The van der Waals surface area contributed by atoms with Gasteiger partial charge in [-0.15, -0.1) is 5.10 Å². The Morgan fingerprint density at radius 3 is 2.75 bits per heavy atom.